The Balaban J connectivity index is 1.97. The molecular formula is C12H12N2O4S. The number of carboxylic acids is 1. The second kappa shape index (κ2) is 5.66. The highest BCUT2D eigenvalue weighted by atomic mass is 32.1. The number of carbonyl (C=O) groups excluding carboxylic acids is 1. The third-order valence-electron chi connectivity index (χ3n) is 2.41. The van der Waals surface area contributed by atoms with E-state index in [1.54, 1.807) is 24.0 Å². The predicted molar refractivity (Wildman–Crippen MR) is 68.8 cm³/mol. The lowest BCUT2D eigenvalue weighted by Crippen LogP contribution is -2.39. The number of carbonyl (C=O) groups is 2. The maximum absolute atomic E-state index is 11.6. The molecule has 0 fully saturated rings. The maximum Gasteiger partial charge on any atom is 0.325 e. The fourth-order valence-electron chi connectivity index (χ4n) is 1.43. The summed E-state index contributed by atoms with van der Waals surface area (Å²) < 4.78 is 4.96. The number of aromatic nitrogens is 1. The van der Waals surface area contributed by atoms with E-state index in [1.165, 1.54) is 18.3 Å². The zero-order valence-corrected chi connectivity index (χ0v) is 10.9. The van der Waals surface area contributed by atoms with E-state index in [4.69, 9.17) is 9.52 Å². The van der Waals surface area contributed by atoms with Crippen LogP contribution in [-0.2, 0) is 16.0 Å². The van der Waals surface area contributed by atoms with Gasteiger partial charge in [0.05, 0.1) is 18.4 Å². The Morgan fingerprint density at radius 1 is 1.58 bits per heavy atom. The number of carboxylic acid groups (broad SMARTS) is 1. The number of nitrogens with zero attached hydrogens (tertiary/aromatic N) is 1. The topological polar surface area (TPSA) is 92.4 Å². The van der Waals surface area contributed by atoms with Gasteiger partial charge in [0, 0.05) is 10.9 Å². The summed E-state index contributed by atoms with van der Waals surface area (Å²) in [6, 6.07) is 0.884. The van der Waals surface area contributed by atoms with E-state index in [-0.39, 0.29) is 12.3 Å². The Bertz CT molecular complexity index is 576. The molecule has 0 unspecified atom stereocenters. The Labute approximate surface area is 113 Å². The van der Waals surface area contributed by atoms with E-state index in [2.05, 4.69) is 10.3 Å². The lowest BCUT2D eigenvalue weighted by Gasteiger charge is -2.07. The van der Waals surface area contributed by atoms with Crippen molar-refractivity contribution in [3.8, 4) is 10.6 Å². The summed E-state index contributed by atoms with van der Waals surface area (Å²) in [5, 5.41) is 13.6. The SMILES string of the molecule is C[C@@H](NC(=O)Cc1csc(-c2ccoc2)n1)C(=O)O. The van der Waals surface area contributed by atoms with Crippen LogP contribution in [0.2, 0.25) is 0 Å². The molecule has 2 rings (SSSR count). The molecule has 6 nitrogen and oxygen atoms in total. The molecule has 2 heterocycles. The maximum atomic E-state index is 11.6. The average molecular weight is 280 g/mol. The number of nitrogens with one attached hydrogen (secondary N) is 1. The van der Waals surface area contributed by atoms with Crippen molar-refractivity contribution in [2.75, 3.05) is 0 Å². The van der Waals surface area contributed by atoms with Crippen LogP contribution in [0.25, 0.3) is 10.6 Å². The number of aliphatic carboxylic acids is 1. The molecule has 100 valence electrons. The van der Waals surface area contributed by atoms with Crippen LogP contribution < -0.4 is 5.32 Å². The van der Waals surface area contributed by atoms with E-state index in [0.717, 1.165) is 10.6 Å². The molecule has 0 radical (unpaired) electrons. The minimum atomic E-state index is -1.06. The van der Waals surface area contributed by atoms with Gasteiger partial charge in [-0.15, -0.1) is 11.3 Å². The van der Waals surface area contributed by atoms with Crippen molar-refractivity contribution in [3.63, 3.8) is 0 Å². The summed E-state index contributed by atoms with van der Waals surface area (Å²) in [5.74, 6) is -1.43. The van der Waals surface area contributed by atoms with Crippen LogP contribution in [0, 0.1) is 0 Å². The van der Waals surface area contributed by atoms with Crippen LogP contribution >= 0.6 is 11.3 Å². The van der Waals surface area contributed by atoms with Gasteiger partial charge < -0.3 is 14.8 Å². The number of furan rings is 1. The number of hydrogen-bond acceptors (Lipinski definition) is 5. The van der Waals surface area contributed by atoms with Crippen molar-refractivity contribution in [1.82, 2.24) is 10.3 Å². The first-order chi connectivity index (χ1) is 9.06. The molecule has 0 saturated carbocycles. The van der Waals surface area contributed by atoms with Gasteiger partial charge >= 0.3 is 5.97 Å². The second-order valence-electron chi connectivity index (χ2n) is 3.96. The largest absolute Gasteiger partial charge is 0.480 e. The first-order valence-corrected chi connectivity index (χ1v) is 6.43. The first kappa shape index (κ1) is 13.3. The van der Waals surface area contributed by atoms with Crippen molar-refractivity contribution in [2.45, 2.75) is 19.4 Å². The van der Waals surface area contributed by atoms with E-state index in [0.29, 0.717) is 5.69 Å². The Hall–Kier alpha value is -2.15. The molecule has 2 N–H and O–H groups in total. The van der Waals surface area contributed by atoms with Crippen molar-refractivity contribution >= 4 is 23.2 Å². The molecule has 2 aromatic rings. The zero-order chi connectivity index (χ0) is 13.8. The number of thiazole rings is 1. The Kier molecular flexibility index (Phi) is 3.96. The normalized spacial score (nSPS) is 12.1. The van der Waals surface area contributed by atoms with Crippen LogP contribution in [0.5, 0.6) is 0 Å². The number of hydrogen-bond donors (Lipinski definition) is 2. The molecule has 0 aliphatic rings. The molecule has 0 spiro atoms. The van der Waals surface area contributed by atoms with E-state index in [1.807, 2.05) is 0 Å². The molecule has 0 saturated heterocycles. The molecule has 0 bridgehead atoms. The van der Waals surface area contributed by atoms with Gasteiger partial charge in [-0.2, -0.15) is 0 Å². The third-order valence-corrected chi connectivity index (χ3v) is 3.35. The summed E-state index contributed by atoms with van der Waals surface area (Å²) in [5.41, 5.74) is 1.46. The van der Waals surface area contributed by atoms with Gasteiger partial charge in [0.25, 0.3) is 0 Å². The quantitative estimate of drug-likeness (QED) is 0.866. The summed E-state index contributed by atoms with van der Waals surface area (Å²) in [6.07, 6.45) is 3.19. The molecule has 0 aliphatic heterocycles. The van der Waals surface area contributed by atoms with Crippen LogP contribution in [0.1, 0.15) is 12.6 Å². The molecule has 0 aliphatic carbocycles. The van der Waals surface area contributed by atoms with E-state index in [9.17, 15) is 9.59 Å². The average Bonchev–Trinajstić information content (AvgIpc) is 2.97. The van der Waals surface area contributed by atoms with Gasteiger partial charge in [0.15, 0.2) is 0 Å². The van der Waals surface area contributed by atoms with Crippen molar-refractivity contribution < 1.29 is 19.1 Å². The van der Waals surface area contributed by atoms with Gasteiger partial charge in [-0.3, -0.25) is 9.59 Å². The van der Waals surface area contributed by atoms with Gasteiger partial charge in [0.1, 0.15) is 17.3 Å². The second-order valence-corrected chi connectivity index (χ2v) is 4.82. The van der Waals surface area contributed by atoms with Gasteiger partial charge in [0.2, 0.25) is 5.91 Å². The summed E-state index contributed by atoms with van der Waals surface area (Å²) in [4.78, 5) is 26.5. The molecular weight excluding hydrogens is 268 g/mol. The van der Waals surface area contributed by atoms with Crippen LogP contribution in [-0.4, -0.2) is 28.0 Å². The smallest absolute Gasteiger partial charge is 0.325 e. The van der Waals surface area contributed by atoms with Gasteiger partial charge in [-0.05, 0) is 13.0 Å². The molecule has 2 aromatic heterocycles. The number of rotatable bonds is 5. The molecule has 0 aromatic carbocycles. The fraction of sp³-hybridized carbons (Fsp3) is 0.250. The molecule has 7 heteroatoms. The Morgan fingerprint density at radius 2 is 2.37 bits per heavy atom. The van der Waals surface area contributed by atoms with Crippen molar-refractivity contribution in [1.29, 1.82) is 0 Å². The van der Waals surface area contributed by atoms with E-state index < -0.39 is 12.0 Å². The van der Waals surface area contributed by atoms with Crippen LogP contribution in [0.4, 0.5) is 0 Å². The van der Waals surface area contributed by atoms with Crippen LogP contribution in [0.3, 0.4) is 0 Å². The molecule has 1 atom stereocenters. The lowest BCUT2D eigenvalue weighted by molar-refractivity contribution is -0.141. The first-order valence-electron chi connectivity index (χ1n) is 5.55. The zero-order valence-electron chi connectivity index (χ0n) is 10.1. The highest BCUT2D eigenvalue weighted by molar-refractivity contribution is 7.13. The van der Waals surface area contributed by atoms with Crippen molar-refractivity contribution in [2.24, 2.45) is 0 Å². The summed E-state index contributed by atoms with van der Waals surface area (Å²) in [7, 11) is 0. The monoisotopic (exact) mass is 280 g/mol. The standard InChI is InChI=1S/C12H12N2O4S/c1-7(12(16)17)13-10(15)4-9-6-19-11(14-9)8-2-3-18-5-8/h2-3,5-7H,4H2,1H3,(H,13,15)(H,16,17)/t7-/m1/s1. The molecule has 19 heavy (non-hydrogen) atoms. The minimum absolute atomic E-state index is 0.0615. The molecule has 1 amide bonds. The number of amides is 1. The third kappa shape index (κ3) is 3.41. The van der Waals surface area contributed by atoms with Crippen molar-refractivity contribution in [3.05, 3.63) is 29.7 Å². The van der Waals surface area contributed by atoms with Gasteiger partial charge in [-0.1, -0.05) is 0 Å². The lowest BCUT2D eigenvalue weighted by atomic mass is 10.3. The Morgan fingerprint density at radius 3 is 3.00 bits per heavy atom. The van der Waals surface area contributed by atoms with Crippen LogP contribution in [0.15, 0.2) is 28.4 Å². The highest BCUT2D eigenvalue weighted by Crippen LogP contribution is 2.23. The highest BCUT2D eigenvalue weighted by Gasteiger charge is 2.15. The minimum Gasteiger partial charge on any atom is -0.480 e. The van der Waals surface area contributed by atoms with E-state index >= 15 is 0 Å². The summed E-state index contributed by atoms with van der Waals surface area (Å²) >= 11 is 1.41. The summed E-state index contributed by atoms with van der Waals surface area (Å²) in [6.45, 7) is 1.41. The fourth-order valence-corrected chi connectivity index (χ4v) is 2.23. The van der Waals surface area contributed by atoms with Gasteiger partial charge in [-0.25, -0.2) is 4.98 Å². The predicted octanol–water partition coefficient (Wildman–Crippen LogP) is 1.53.